The van der Waals surface area contributed by atoms with Gasteiger partial charge in [0.05, 0.1) is 6.21 Å². The van der Waals surface area contributed by atoms with Crippen molar-refractivity contribution in [2.45, 2.75) is 26.7 Å². The normalized spacial score (nSPS) is 10.7. The van der Waals surface area contributed by atoms with E-state index in [2.05, 4.69) is 31.8 Å². The highest BCUT2D eigenvalue weighted by molar-refractivity contribution is 9.10. The molecule has 0 unspecified atom stereocenters. The Morgan fingerprint density at radius 3 is 2.28 bits per heavy atom. The average molecular weight is 402 g/mol. The molecular weight excluding hydrogens is 382 g/mol. The monoisotopic (exact) mass is 401 g/mol. The van der Waals surface area contributed by atoms with Crippen molar-refractivity contribution in [3.05, 3.63) is 63.6 Å². The number of hydrogen-bond donors (Lipinski definition) is 2. The van der Waals surface area contributed by atoms with Crippen LogP contribution in [0.3, 0.4) is 0 Å². The third-order valence-corrected chi connectivity index (χ3v) is 4.17. The summed E-state index contributed by atoms with van der Waals surface area (Å²) in [6, 6.07) is 13.3. The smallest absolute Gasteiger partial charge is 0.317 e. The molecule has 25 heavy (non-hydrogen) atoms. The lowest BCUT2D eigenvalue weighted by Crippen LogP contribution is -2.33. The van der Waals surface area contributed by atoms with Gasteiger partial charge >= 0.3 is 11.8 Å². The van der Waals surface area contributed by atoms with E-state index in [-0.39, 0.29) is 0 Å². The van der Waals surface area contributed by atoms with Crippen LogP contribution >= 0.6 is 15.9 Å². The van der Waals surface area contributed by atoms with Crippen LogP contribution in [-0.4, -0.2) is 18.0 Å². The number of rotatable bonds is 5. The number of anilines is 1. The molecule has 2 N–H and O–H groups in total. The van der Waals surface area contributed by atoms with Crippen molar-refractivity contribution in [3.63, 3.8) is 0 Å². The second-order valence-corrected chi connectivity index (χ2v) is 6.28. The average Bonchev–Trinajstić information content (AvgIpc) is 2.61. The minimum absolute atomic E-state index is 0.712. The Labute approximate surface area is 155 Å². The number of aryl methyl sites for hydroxylation is 2. The lowest BCUT2D eigenvalue weighted by molar-refractivity contribution is -0.136. The van der Waals surface area contributed by atoms with Crippen LogP contribution in [-0.2, 0) is 22.4 Å². The summed E-state index contributed by atoms with van der Waals surface area (Å²) in [5, 5.41) is 6.53. The predicted molar refractivity (Wildman–Crippen MR) is 104 cm³/mol. The van der Waals surface area contributed by atoms with E-state index in [4.69, 9.17) is 0 Å². The van der Waals surface area contributed by atoms with Gasteiger partial charge in [-0.2, -0.15) is 5.10 Å². The maximum Gasteiger partial charge on any atom is 0.329 e. The van der Waals surface area contributed by atoms with E-state index in [0.29, 0.717) is 5.69 Å². The molecule has 2 aromatic carbocycles. The summed E-state index contributed by atoms with van der Waals surface area (Å²) in [4.78, 5) is 24.1. The molecule has 0 radical (unpaired) electrons. The fourth-order valence-electron chi connectivity index (χ4n) is 2.38. The molecule has 0 aliphatic heterocycles. The van der Waals surface area contributed by atoms with Gasteiger partial charge in [0, 0.05) is 10.2 Å². The van der Waals surface area contributed by atoms with Crippen molar-refractivity contribution < 1.29 is 9.59 Å². The summed E-state index contributed by atoms with van der Waals surface area (Å²) in [5.41, 5.74) is 5.76. The van der Waals surface area contributed by atoms with E-state index in [1.165, 1.54) is 6.21 Å². The first-order chi connectivity index (χ1) is 12.0. The first-order valence-electron chi connectivity index (χ1n) is 8.05. The van der Waals surface area contributed by atoms with Crippen LogP contribution in [0, 0.1) is 0 Å². The molecule has 130 valence electrons. The molecule has 0 spiro atoms. The van der Waals surface area contributed by atoms with Crippen molar-refractivity contribution in [2.75, 3.05) is 5.32 Å². The molecule has 0 bridgehead atoms. The second kappa shape index (κ2) is 9.13. The zero-order valence-corrected chi connectivity index (χ0v) is 15.8. The Balaban J connectivity index is 2.03. The van der Waals surface area contributed by atoms with Crippen LogP contribution in [0.25, 0.3) is 0 Å². The molecule has 0 saturated carbocycles. The second-order valence-electron chi connectivity index (χ2n) is 5.37. The lowest BCUT2D eigenvalue weighted by Gasteiger charge is -2.13. The maximum atomic E-state index is 12.1. The molecule has 0 aliphatic rings. The molecule has 0 heterocycles. The Morgan fingerprint density at radius 2 is 1.68 bits per heavy atom. The fraction of sp³-hybridized carbons (Fsp3) is 0.211. The molecule has 2 amide bonds. The van der Waals surface area contributed by atoms with Crippen LogP contribution < -0.4 is 10.7 Å². The number of benzene rings is 2. The standard InChI is InChI=1S/C19H20BrN3O2/c1-3-14-8-6-9-15(4-2)17(14)22-18(24)19(25)23-21-12-13-7-5-10-16(20)11-13/h5-12H,3-4H2,1-2H3,(H,22,24)(H,23,25). The topological polar surface area (TPSA) is 70.6 Å². The minimum Gasteiger partial charge on any atom is -0.317 e. The first-order valence-corrected chi connectivity index (χ1v) is 8.85. The van der Waals surface area contributed by atoms with E-state index < -0.39 is 11.8 Å². The Morgan fingerprint density at radius 1 is 1.04 bits per heavy atom. The number of carbonyl (C=O) groups excluding carboxylic acids is 2. The van der Waals surface area contributed by atoms with Crippen LogP contribution in [0.1, 0.15) is 30.5 Å². The van der Waals surface area contributed by atoms with Gasteiger partial charge in [0.15, 0.2) is 0 Å². The Kier molecular flexibility index (Phi) is 6.89. The molecule has 0 fully saturated rings. The number of nitrogens with one attached hydrogen (secondary N) is 2. The number of carbonyl (C=O) groups is 2. The van der Waals surface area contributed by atoms with Crippen LogP contribution in [0.5, 0.6) is 0 Å². The summed E-state index contributed by atoms with van der Waals surface area (Å²) in [7, 11) is 0. The highest BCUT2D eigenvalue weighted by atomic mass is 79.9. The quantitative estimate of drug-likeness (QED) is 0.455. The summed E-state index contributed by atoms with van der Waals surface area (Å²) < 4.78 is 0.906. The van der Waals surface area contributed by atoms with Gasteiger partial charge in [0.2, 0.25) is 0 Å². The summed E-state index contributed by atoms with van der Waals surface area (Å²) >= 11 is 3.36. The molecule has 2 aromatic rings. The van der Waals surface area contributed by atoms with Gasteiger partial charge in [-0.05, 0) is 41.7 Å². The number of para-hydroxylation sites is 1. The minimum atomic E-state index is -0.806. The van der Waals surface area contributed by atoms with Crippen LogP contribution in [0.4, 0.5) is 5.69 Å². The Bertz CT molecular complexity index is 781. The van der Waals surface area contributed by atoms with Crippen LogP contribution in [0.15, 0.2) is 52.0 Å². The number of nitrogens with zero attached hydrogens (tertiary/aromatic N) is 1. The van der Waals surface area contributed by atoms with Gasteiger partial charge in [-0.15, -0.1) is 0 Å². The van der Waals surface area contributed by atoms with Crippen LogP contribution in [0.2, 0.25) is 0 Å². The molecule has 0 aliphatic carbocycles. The van der Waals surface area contributed by atoms with E-state index in [1.54, 1.807) is 0 Å². The zero-order valence-electron chi connectivity index (χ0n) is 14.2. The molecular formula is C19H20BrN3O2. The highest BCUT2D eigenvalue weighted by Gasteiger charge is 2.16. The van der Waals surface area contributed by atoms with E-state index in [0.717, 1.165) is 34.0 Å². The van der Waals surface area contributed by atoms with E-state index in [9.17, 15) is 9.59 Å². The number of hydrogen-bond acceptors (Lipinski definition) is 3. The van der Waals surface area contributed by atoms with Crippen molar-refractivity contribution >= 4 is 39.6 Å². The van der Waals surface area contributed by atoms with Gasteiger partial charge in [-0.3, -0.25) is 9.59 Å². The molecule has 0 atom stereocenters. The van der Waals surface area contributed by atoms with E-state index >= 15 is 0 Å². The van der Waals surface area contributed by atoms with E-state index in [1.807, 2.05) is 56.3 Å². The summed E-state index contributed by atoms with van der Waals surface area (Å²) in [6.07, 6.45) is 3.02. The van der Waals surface area contributed by atoms with Gasteiger partial charge in [-0.1, -0.05) is 60.1 Å². The number of halogens is 1. The third-order valence-electron chi connectivity index (χ3n) is 3.67. The Hall–Kier alpha value is -2.47. The SMILES string of the molecule is CCc1cccc(CC)c1NC(=O)C(=O)NN=Cc1cccc(Br)c1. The van der Waals surface area contributed by atoms with Crippen molar-refractivity contribution in [1.29, 1.82) is 0 Å². The number of hydrazone groups is 1. The van der Waals surface area contributed by atoms with Gasteiger partial charge in [0.1, 0.15) is 0 Å². The molecule has 0 aromatic heterocycles. The number of amides is 2. The van der Waals surface area contributed by atoms with Crippen molar-refractivity contribution in [3.8, 4) is 0 Å². The molecule has 0 saturated heterocycles. The van der Waals surface area contributed by atoms with Gasteiger partial charge in [-0.25, -0.2) is 5.43 Å². The van der Waals surface area contributed by atoms with Gasteiger partial charge in [0.25, 0.3) is 0 Å². The third kappa shape index (κ3) is 5.26. The first kappa shape index (κ1) is 18.9. The summed E-state index contributed by atoms with van der Waals surface area (Å²) in [5.74, 6) is -1.54. The zero-order chi connectivity index (χ0) is 18.2. The molecule has 6 heteroatoms. The highest BCUT2D eigenvalue weighted by Crippen LogP contribution is 2.22. The molecule has 5 nitrogen and oxygen atoms in total. The fourth-order valence-corrected chi connectivity index (χ4v) is 2.79. The maximum absolute atomic E-state index is 12.1. The van der Waals surface area contributed by atoms with Gasteiger partial charge < -0.3 is 5.32 Å². The lowest BCUT2D eigenvalue weighted by atomic mass is 10.0. The van der Waals surface area contributed by atoms with Crippen molar-refractivity contribution in [1.82, 2.24) is 5.43 Å². The largest absolute Gasteiger partial charge is 0.329 e. The van der Waals surface area contributed by atoms with Crippen molar-refractivity contribution in [2.24, 2.45) is 5.10 Å². The summed E-state index contributed by atoms with van der Waals surface area (Å²) in [6.45, 7) is 4.01. The molecule has 2 rings (SSSR count). The predicted octanol–water partition coefficient (Wildman–Crippen LogP) is 3.66.